The number of carbonyl (C=O) groups is 1. The zero-order valence-corrected chi connectivity index (χ0v) is 24.0. The zero-order valence-electron chi connectivity index (χ0n) is 23.2. The van der Waals surface area contributed by atoms with Crippen LogP contribution in [0.3, 0.4) is 0 Å². The van der Waals surface area contributed by atoms with Gasteiger partial charge in [0.2, 0.25) is 5.91 Å². The number of amides is 1. The molecule has 0 unspecified atom stereocenters. The molecule has 4 aromatic heterocycles. The molecule has 5 aromatic rings. The minimum absolute atomic E-state index is 0.0198. The van der Waals surface area contributed by atoms with Crippen LogP contribution in [0.1, 0.15) is 12.6 Å². The Kier molecular flexibility index (Phi) is 7.29. The first-order valence-electron chi connectivity index (χ1n) is 13.2. The first-order chi connectivity index (χ1) is 20.3. The van der Waals surface area contributed by atoms with Gasteiger partial charge >= 0.3 is 0 Å². The number of halogens is 2. The van der Waals surface area contributed by atoms with E-state index in [9.17, 15) is 9.18 Å². The predicted molar refractivity (Wildman–Crippen MR) is 154 cm³/mol. The van der Waals surface area contributed by atoms with E-state index in [-0.39, 0.29) is 36.5 Å². The molecule has 13 heteroatoms. The van der Waals surface area contributed by atoms with Crippen molar-refractivity contribution in [2.45, 2.75) is 26.1 Å². The molecule has 1 aliphatic heterocycles. The number of pyridine rings is 1. The number of aryl methyl sites for hydroxylation is 1. The van der Waals surface area contributed by atoms with E-state index in [0.29, 0.717) is 51.6 Å². The first-order valence-corrected chi connectivity index (χ1v) is 14.1. The van der Waals surface area contributed by atoms with Gasteiger partial charge in [0, 0.05) is 48.0 Å². The molecule has 10 nitrogen and oxygen atoms in total. The van der Waals surface area contributed by atoms with Crippen LogP contribution in [-0.4, -0.2) is 66.7 Å². The van der Waals surface area contributed by atoms with Gasteiger partial charge in [0.05, 0.1) is 31.0 Å². The molecule has 6 rings (SSSR count). The summed E-state index contributed by atoms with van der Waals surface area (Å²) in [6.45, 7) is 6.65. The zero-order chi connectivity index (χ0) is 29.5. The van der Waals surface area contributed by atoms with Crippen LogP contribution in [0.25, 0.3) is 44.1 Å². The summed E-state index contributed by atoms with van der Waals surface area (Å²) in [6, 6.07) is 5.57. The van der Waals surface area contributed by atoms with Gasteiger partial charge in [0.25, 0.3) is 0 Å². The van der Waals surface area contributed by atoms with Crippen LogP contribution >= 0.6 is 11.3 Å². The molecular formula is C29H27F2N7O3S. The number of nitrogens with zero attached hydrogens (tertiary/aromatic N) is 7. The Morgan fingerprint density at radius 3 is 2.76 bits per heavy atom. The van der Waals surface area contributed by atoms with E-state index in [4.69, 9.17) is 19.6 Å². The van der Waals surface area contributed by atoms with Crippen LogP contribution in [-0.2, 0) is 29.7 Å². The van der Waals surface area contributed by atoms with Crippen LogP contribution in [0.4, 0.5) is 8.78 Å². The number of hydrogen-bond acceptors (Lipinski definition) is 8. The fraction of sp³-hybridized carbons (Fsp3) is 0.276. The van der Waals surface area contributed by atoms with E-state index < -0.39 is 11.6 Å². The number of ether oxygens (including phenoxy) is 2. The minimum atomic E-state index is -0.802. The van der Waals surface area contributed by atoms with Crippen molar-refractivity contribution in [2.24, 2.45) is 7.05 Å². The third-order valence-electron chi connectivity index (χ3n) is 7.10. The SMILES string of the molecule is C=CC(=O)N1Cc2cc(-c3nc(-c4ncn(C)n4)c4ccsc4c3-c3c(F)cc(F)cc3OCCOC)nn2C[C@H]1C. The van der Waals surface area contributed by atoms with Crippen molar-refractivity contribution in [2.75, 3.05) is 20.3 Å². The molecule has 0 aliphatic carbocycles. The Labute approximate surface area is 243 Å². The molecule has 0 saturated heterocycles. The van der Waals surface area contributed by atoms with Gasteiger partial charge in [-0.25, -0.2) is 18.7 Å². The van der Waals surface area contributed by atoms with Gasteiger partial charge in [0.15, 0.2) is 5.82 Å². The fourth-order valence-corrected chi connectivity index (χ4v) is 6.10. The number of thiophene rings is 1. The Morgan fingerprint density at radius 2 is 2.02 bits per heavy atom. The molecule has 42 heavy (non-hydrogen) atoms. The minimum Gasteiger partial charge on any atom is -0.490 e. The Morgan fingerprint density at radius 1 is 1.19 bits per heavy atom. The number of carbonyl (C=O) groups excluding carboxylic acids is 1. The highest BCUT2D eigenvalue weighted by molar-refractivity contribution is 7.18. The highest BCUT2D eigenvalue weighted by Gasteiger charge is 2.31. The van der Waals surface area contributed by atoms with Crippen molar-refractivity contribution >= 4 is 27.3 Å². The smallest absolute Gasteiger partial charge is 0.246 e. The Bertz CT molecular complexity index is 1830. The summed E-state index contributed by atoms with van der Waals surface area (Å²) in [5.74, 6) is -1.33. The van der Waals surface area contributed by atoms with Gasteiger partial charge in [0.1, 0.15) is 47.4 Å². The molecular weight excluding hydrogens is 564 g/mol. The maximum Gasteiger partial charge on any atom is 0.246 e. The normalized spacial score (nSPS) is 14.8. The third kappa shape index (κ3) is 4.84. The molecule has 1 amide bonds. The topological polar surface area (TPSA) is 100 Å². The standard InChI is InChI=1S/C29H27F2N7O3S/c1-5-23(39)37-14-18-12-21(34-38(18)13-16(37)2)27-25(24-20(31)10-17(30)11-22(24)41-8-7-40-4)28-19(6-9-42-28)26(33-27)29-32-15-36(3)35-29/h5-6,9-12,15-16H,1,7-8,13-14H2,2-4H3/t16-/m1/s1. The van der Waals surface area contributed by atoms with Crippen LogP contribution in [0.2, 0.25) is 0 Å². The average molecular weight is 592 g/mol. The maximum atomic E-state index is 15.8. The molecule has 0 N–H and O–H groups in total. The van der Waals surface area contributed by atoms with E-state index in [1.807, 2.05) is 29.1 Å². The fourth-order valence-electron chi connectivity index (χ4n) is 5.15. The van der Waals surface area contributed by atoms with Gasteiger partial charge in [-0.2, -0.15) is 5.10 Å². The van der Waals surface area contributed by atoms with Crippen LogP contribution in [0, 0.1) is 11.6 Å². The van der Waals surface area contributed by atoms with E-state index in [1.54, 1.807) is 23.0 Å². The summed E-state index contributed by atoms with van der Waals surface area (Å²) in [5.41, 5.74) is 2.56. The number of rotatable bonds is 8. The molecule has 1 atom stereocenters. The monoisotopic (exact) mass is 591 g/mol. The summed E-state index contributed by atoms with van der Waals surface area (Å²) in [4.78, 5) is 23.6. The molecule has 5 heterocycles. The second kappa shape index (κ2) is 11.1. The summed E-state index contributed by atoms with van der Waals surface area (Å²) in [6.07, 6.45) is 2.87. The Hall–Kier alpha value is -4.49. The van der Waals surface area contributed by atoms with Crippen molar-refractivity contribution in [1.29, 1.82) is 0 Å². The van der Waals surface area contributed by atoms with E-state index in [0.717, 1.165) is 17.8 Å². The summed E-state index contributed by atoms with van der Waals surface area (Å²) in [5, 5.41) is 11.9. The lowest BCUT2D eigenvalue weighted by molar-refractivity contribution is -0.129. The molecule has 1 aliphatic rings. The third-order valence-corrected chi connectivity index (χ3v) is 8.03. The highest BCUT2D eigenvalue weighted by Crippen LogP contribution is 2.46. The van der Waals surface area contributed by atoms with Crippen molar-refractivity contribution in [3.8, 4) is 39.8 Å². The first kappa shape index (κ1) is 27.7. The van der Waals surface area contributed by atoms with Crippen LogP contribution in [0.5, 0.6) is 5.75 Å². The lowest BCUT2D eigenvalue weighted by Crippen LogP contribution is -2.44. The van der Waals surface area contributed by atoms with E-state index >= 15 is 4.39 Å². The van der Waals surface area contributed by atoms with Gasteiger partial charge < -0.3 is 14.4 Å². The van der Waals surface area contributed by atoms with Gasteiger partial charge in [-0.05, 0) is 30.5 Å². The lowest BCUT2D eigenvalue weighted by Gasteiger charge is -2.33. The van der Waals surface area contributed by atoms with Gasteiger partial charge in [-0.15, -0.1) is 16.4 Å². The summed E-state index contributed by atoms with van der Waals surface area (Å²) < 4.78 is 45.3. The molecule has 0 bridgehead atoms. The van der Waals surface area contributed by atoms with Crippen molar-refractivity contribution in [1.82, 2.24) is 34.4 Å². The largest absolute Gasteiger partial charge is 0.490 e. The van der Waals surface area contributed by atoms with Crippen LogP contribution in [0.15, 0.2) is 48.6 Å². The van der Waals surface area contributed by atoms with Gasteiger partial charge in [-0.1, -0.05) is 6.58 Å². The number of hydrogen-bond donors (Lipinski definition) is 0. The average Bonchev–Trinajstić information content (AvgIpc) is 3.71. The van der Waals surface area contributed by atoms with Crippen LogP contribution < -0.4 is 4.74 Å². The molecule has 0 fully saturated rings. The molecule has 0 saturated carbocycles. The molecule has 216 valence electrons. The number of benzene rings is 1. The maximum absolute atomic E-state index is 15.8. The predicted octanol–water partition coefficient (Wildman–Crippen LogP) is 4.84. The number of fused-ring (bicyclic) bond motifs is 2. The quantitative estimate of drug-likeness (QED) is 0.188. The van der Waals surface area contributed by atoms with Gasteiger partial charge in [-0.3, -0.25) is 14.2 Å². The van der Waals surface area contributed by atoms with E-state index in [2.05, 4.69) is 16.7 Å². The molecule has 0 spiro atoms. The molecule has 0 radical (unpaired) electrons. The summed E-state index contributed by atoms with van der Waals surface area (Å²) in [7, 11) is 3.28. The summed E-state index contributed by atoms with van der Waals surface area (Å²) >= 11 is 1.38. The second-order valence-electron chi connectivity index (χ2n) is 9.91. The molecule has 1 aromatic carbocycles. The number of aromatic nitrogens is 6. The lowest BCUT2D eigenvalue weighted by atomic mass is 9.97. The highest BCUT2D eigenvalue weighted by atomic mass is 32.1. The Balaban J connectivity index is 1.61. The second-order valence-corrected chi connectivity index (χ2v) is 10.8. The van der Waals surface area contributed by atoms with Crippen molar-refractivity contribution in [3.63, 3.8) is 0 Å². The van der Waals surface area contributed by atoms with Crippen molar-refractivity contribution < 1.29 is 23.0 Å². The number of methoxy groups -OCH3 is 1. The van der Waals surface area contributed by atoms with Crippen molar-refractivity contribution in [3.05, 3.63) is 66.0 Å². The van der Waals surface area contributed by atoms with E-state index in [1.165, 1.54) is 24.5 Å².